The predicted octanol–water partition coefficient (Wildman–Crippen LogP) is 3.19. The fourth-order valence-corrected chi connectivity index (χ4v) is 4.47. The molecule has 1 aromatic heterocycles. The van der Waals surface area contributed by atoms with Gasteiger partial charge >= 0.3 is 0 Å². The topological polar surface area (TPSA) is 60.0 Å². The van der Waals surface area contributed by atoms with E-state index in [4.69, 9.17) is 14.2 Å². The Morgan fingerprint density at radius 2 is 1.89 bits per heavy atom. The second kappa shape index (κ2) is 9.41. The number of amides is 1. The summed E-state index contributed by atoms with van der Waals surface area (Å²) in [6.45, 7) is 7.57. The maximum atomic E-state index is 12.7. The number of nitrogens with zero attached hydrogens (tertiary/aromatic N) is 1. The van der Waals surface area contributed by atoms with Gasteiger partial charge in [-0.15, -0.1) is 11.3 Å². The second-order valence-corrected chi connectivity index (χ2v) is 8.28. The quantitative estimate of drug-likeness (QED) is 0.768. The minimum atomic E-state index is -0.0272. The summed E-state index contributed by atoms with van der Waals surface area (Å²) >= 11 is 1.65. The molecule has 1 aromatic carbocycles. The van der Waals surface area contributed by atoms with Crippen molar-refractivity contribution < 1.29 is 19.0 Å². The summed E-state index contributed by atoms with van der Waals surface area (Å²) in [6, 6.07) is 7.93. The lowest BCUT2D eigenvalue weighted by Crippen LogP contribution is -2.43. The molecule has 1 aliphatic rings. The number of nitrogens with one attached hydrogen (secondary N) is 1. The number of carbonyl (C=O) groups is 1. The van der Waals surface area contributed by atoms with Crippen LogP contribution < -0.4 is 14.8 Å². The Balaban J connectivity index is 1.81. The standard InChI is InChI=1S/C21H28N2O4S/c1-14-11-17(15(2)28-14)21(24)22-13-18(23-7-9-27-10-8-23)16-5-6-19(25-3)20(12-16)26-4/h5-6,11-12,18H,7-10,13H2,1-4H3,(H,22,24). The van der Waals surface area contributed by atoms with Crippen molar-refractivity contribution in [2.75, 3.05) is 47.1 Å². The van der Waals surface area contributed by atoms with E-state index in [0.717, 1.165) is 34.0 Å². The Bertz CT molecular complexity index is 815. The third-order valence-corrected chi connectivity index (χ3v) is 5.99. The van der Waals surface area contributed by atoms with Gasteiger partial charge < -0.3 is 19.5 Å². The number of rotatable bonds is 7. The van der Waals surface area contributed by atoms with Gasteiger partial charge in [-0.2, -0.15) is 0 Å². The van der Waals surface area contributed by atoms with Crippen molar-refractivity contribution in [2.24, 2.45) is 0 Å². The van der Waals surface area contributed by atoms with Gasteiger partial charge in [0.15, 0.2) is 11.5 Å². The first kappa shape index (κ1) is 20.6. The normalized spacial score (nSPS) is 15.9. The lowest BCUT2D eigenvalue weighted by molar-refractivity contribution is 0.0162. The first-order valence-corrected chi connectivity index (χ1v) is 10.2. The highest BCUT2D eigenvalue weighted by Crippen LogP contribution is 2.32. The lowest BCUT2D eigenvalue weighted by atomic mass is 10.0. The molecule has 1 saturated heterocycles. The Kier molecular flexibility index (Phi) is 6.93. The monoisotopic (exact) mass is 404 g/mol. The summed E-state index contributed by atoms with van der Waals surface area (Å²) < 4.78 is 16.3. The van der Waals surface area contributed by atoms with E-state index in [1.54, 1.807) is 25.6 Å². The zero-order chi connectivity index (χ0) is 20.1. The van der Waals surface area contributed by atoms with E-state index in [-0.39, 0.29) is 11.9 Å². The van der Waals surface area contributed by atoms with Crippen LogP contribution in [-0.4, -0.2) is 57.9 Å². The molecule has 0 saturated carbocycles. The largest absolute Gasteiger partial charge is 0.493 e. The minimum Gasteiger partial charge on any atom is -0.493 e. The van der Waals surface area contributed by atoms with Gasteiger partial charge in [0, 0.05) is 29.4 Å². The molecule has 2 heterocycles. The summed E-state index contributed by atoms with van der Waals surface area (Å²) in [5.41, 5.74) is 1.84. The first-order valence-electron chi connectivity index (χ1n) is 9.42. The third kappa shape index (κ3) is 4.66. The zero-order valence-electron chi connectivity index (χ0n) is 16.9. The Hall–Kier alpha value is -2.09. The number of methoxy groups -OCH3 is 2. The lowest BCUT2D eigenvalue weighted by Gasteiger charge is -2.35. The highest BCUT2D eigenvalue weighted by atomic mass is 32.1. The van der Waals surface area contributed by atoms with Gasteiger partial charge in [-0.25, -0.2) is 0 Å². The van der Waals surface area contributed by atoms with E-state index in [1.807, 2.05) is 38.1 Å². The number of hydrogen-bond donors (Lipinski definition) is 1. The fraction of sp³-hybridized carbons (Fsp3) is 0.476. The molecule has 1 unspecified atom stereocenters. The maximum absolute atomic E-state index is 12.7. The molecule has 7 heteroatoms. The van der Waals surface area contributed by atoms with Crippen molar-refractivity contribution in [3.05, 3.63) is 45.1 Å². The maximum Gasteiger partial charge on any atom is 0.252 e. The highest BCUT2D eigenvalue weighted by Gasteiger charge is 2.25. The summed E-state index contributed by atoms with van der Waals surface area (Å²) in [7, 11) is 3.26. The van der Waals surface area contributed by atoms with Gasteiger partial charge in [0.05, 0.1) is 39.0 Å². The summed E-state index contributed by atoms with van der Waals surface area (Å²) in [5.74, 6) is 1.36. The van der Waals surface area contributed by atoms with Crippen molar-refractivity contribution in [1.82, 2.24) is 10.2 Å². The zero-order valence-corrected chi connectivity index (χ0v) is 17.7. The second-order valence-electron chi connectivity index (χ2n) is 6.82. The van der Waals surface area contributed by atoms with Gasteiger partial charge in [0.25, 0.3) is 5.91 Å². The highest BCUT2D eigenvalue weighted by molar-refractivity contribution is 7.12. The van der Waals surface area contributed by atoms with Crippen LogP contribution in [0, 0.1) is 13.8 Å². The van der Waals surface area contributed by atoms with Crippen LogP contribution >= 0.6 is 11.3 Å². The Labute approximate surface area is 170 Å². The predicted molar refractivity (Wildman–Crippen MR) is 111 cm³/mol. The van der Waals surface area contributed by atoms with Crippen LogP contribution in [0.2, 0.25) is 0 Å². The summed E-state index contributed by atoms with van der Waals surface area (Å²) in [5, 5.41) is 3.13. The van der Waals surface area contributed by atoms with Gasteiger partial charge in [-0.1, -0.05) is 6.07 Å². The smallest absolute Gasteiger partial charge is 0.252 e. The molecule has 0 spiro atoms. The molecule has 0 aliphatic carbocycles. The molecule has 2 aromatic rings. The number of morpholine rings is 1. The Morgan fingerprint density at radius 3 is 2.50 bits per heavy atom. The van der Waals surface area contributed by atoms with Crippen LogP contribution in [0.1, 0.15) is 31.7 Å². The van der Waals surface area contributed by atoms with Crippen molar-refractivity contribution in [2.45, 2.75) is 19.9 Å². The van der Waals surface area contributed by atoms with Gasteiger partial charge in [-0.05, 0) is 37.6 Å². The van der Waals surface area contributed by atoms with Crippen LogP contribution in [0.15, 0.2) is 24.3 Å². The van der Waals surface area contributed by atoms with E-state index < -0.39 is 0 Å². The molecule has 0 radical (unpaired) electrons. The number of benzene rings is 1. The van der Waals surface area contributed by atoms with Crippen LogP contribution in [0.5, 0.6) is 11.5 Å². The van der Waals surface area contributed by atoms with Crippen molar-refractivity contribution in [3.63, 3.8) is 0 Å². The number of thiophene rings is 1. The summed E-state index contributed by atoms with van der Waals surface area (Å²) in [6.07, 6.45) is 0. The molecule has 1 amide bonds. The molecule has 3 rings (SSSR count). The number of carbonyl (C=O) groups excluding carboxylic acids is 1. The van der Waals surface area contributed by atoms with E-state index >= 15 is 0 Å². The molecule has 1 atom stereocenters. The number of aryl methyl sites for hydroxylation is 2. The Morgan fingerprint density at radius 1 is 1.18 bits per heavy atom. The molecular formula is C21H28N2O4S. The fourth-order valence-electron chi connectivity index (χ4n) is 3.55. The molecule has 1 fully saturated rings. The molecular weight excluding hydrogens is 376 g/mol. The molecule has 6 nitrogen and oxygen atoms in total. The van der Waals surface area contributed by atoms with E-state index in [1.165, 1.54) is 0 Å². The average Bonchev–Trinajstić information content (AvgIpc) is 3.06. The molecule has 28 heavy (non-hydrogen) atoms. The van der Waals surface area contributed by atoms with E-state index in [0.29, 0.717) is 31.3 Å². The SMILES string of the molecule is COc1ccc(C(CNC(=O)c2cc(C)sc2C)N2CCOCC2)cc1OC. The van der Waals surface area contributed by atoms with Crippen LogP contribution in [0.3, 0.4) is 0 Å². The van der Waals surface area contributed by atoms with E-state index in [9.17, 15) is 4.79 Å². The third-order valence-electron chi connectivity index (χ3n) is 5.02. The minimum absolute atomic E-state index is 0.0272. The molecule has 1 aliphatic heterocycles. The van der Waals surface area contributed by atoms with Gasteiger partial charge in [-0.3, -0.25) is 9.69 Å². The van der Waals surface area contributed by atoms with Crippen LogP contribution in [0.4, 0.5) is 0 Å². The van der Waals surface area contributed by atoms with Crippen LogP contribution in [-0.2, 0) is 4.74 Å². The van der Waals surface area contributed by atoms with Crippen molar-refractivity contribution in [3.8, 4) is 11.5 Å². The van der Waals surface area contributed by atoms with Gasteiger partial charge in [0.1, 0.15) is 0 Å². The molecule has 1 N–H and O–H groups in total. The van der Waals surface area contributed by atoms with Crippen molar-refractivity contribution in [1.29, 1.82) is 0 Å². The molecule has 152 valence electrons. The average molecular weight is 405 g/mol. The van der Waals surface area contributed by atoms with E-state index in [2.05, 4.69) is 10.2 Å². The number of ether oxygens (including phenoxy) is 3. The van der Waals surface area contributed by atoms with Crippen LogP contribution in [0.25, 0.3) is 0 Å². The first-order chi connectivity index (χ1) is 13.5. The van der Waals surface area contributed by atoms with Crippen molar-refractivity contribution >= 4 is 17.2 Å². The summed E-state index contributed by atoms with van der Waals surface area (Å²) in [4.78, 5) is 17.3. The molecule has 0 bridgehead atoms. The number of hydrogen-bond acceptors (Lipinski definition) is 6. The van der Waals surface area contributed by atoms with Gasteiger partial charge in [0.2, 0.25) is 0 Å².